The van der Waals surface area contributed by atoms with Crippen molar-refractivity contribution in [1.82, 2.24) is 4.31 Å². The van der Waals surface area contributed by atoms with E-state index in [0.29, 0.717) is 36.2 Å². The van der Waals surface area contributed by atoms with E-state index in [1.54, 1.807) is 28.6 Å². The van der Waals surface area contributed by atoms with Gasteiger partial charge >= 0.3 is 0 Å². The number of fused-ring (bicyclic) bond motifs is 2. The van der Waals surface area contributed by atoms with Crippen LogP contribution in [-0.2, 0) is 14.8 Å². The minimum atomic E-state index is -3.53. The van der Waals surface area contributed by atoms with Crippen LogP contribution in [0.15, 0.2) is 77.7 Å². The molecule has 0 aromatic heterocycles. The molecule has 0 aliphatic carbocycles. The summed E-state index contributed by atoms with van der Waals surface area (Å²) in [6.45, 7) is 3.24. The predicted octanol–water partition coefficient (Wildman–Crippen LogP) is 4.98. The van der Waals surface area contributed by atoms with E-state index in [-0.39, 0.29) is 10.8 Å². The van der Waals surface area contributed by atoms with Crippen LogP contribution >= 0.6 is 0 Å². The van der Waals surface area contributed by atoms with Crippen molar-refractivity contribution in [2.24, 2.45) is 5.92 Å². The van der Waals surface area contributed by atoms with Crippen LogP contribution in [0.4, 0.5) is 5.69 Å². The first kappa shape index (κ1) is 21.7. The number of para-hydroxylation sites is 2. The second kappa shape index (κ2) is 8.65. The van der Waals surface area contributed by atoms with E-state index in [0.717, 1.165) is 24.0 Å². The molecule has 0 saturated carbocycles. The third-order valence-corrected chi connectivity index (χ3v) is 8.36. The number of nitrogens with zero attached hydrogens (tertiary/aromatic N) is 1. The fourth-order valence-corrected chi connectivity index (χ4v) is 5.96. The highest BCUT2D eigenvalue weighted by Crippen LogP contribution is 2.44. The molecule has 2 heterocycles. The van der Waals surface area contributed by atoms with E-state index in [4.69, 9.17) is 4.74 Å². The summed E-state index contributed by atoms with van der Waals surface area (Å²) in [6.07, 6.45) is 1.75. The monoisotopic (exact) mass is 462 g/mol. The standard InChI is InChI=1S/C26H26N2O4S/c1-18-14-16-28(17-15-18)33(30,31)20-12-10-19(11-13-20)27-26(29)25-21-6-2-4-8-23(21)32-24-9-5-3-7-22(24)25/h2-13,18,25H,14-17H2,1H3,(H,27,29). The highest BCUT2D eigenvalue weighted by molar-refractivity contribution is 7.89. The summed E-state index contributed by atoms with van der Waals surface area (Å²) >= 11 is 0. The summed E-state index contributed by atoms with van der Waals surface area (Å²) in [4.78, 5) is 13.6. The number of amides is 1. The van der Waals surface area contributed by atoms with Gasteiger partial charge in [0.15, 0.2) is 0 Å². The molecule has 0 bridgehead atoms. The van der Waals surface area contributed by atoms with E-state index in [9.17, 15) is 13.2 Å². The number of anilines is 1. The number of ether oxygens (including phenoxy) is 1. The van der Waals surface area contributed by atoms with Crippen molar-refractivity contribution in [3.63, 3.8) is 0 Å². The normalized spacial score (nSPS) is 17.0. The van der Waals surface area contributed by atoms with Crippen LogP contribution in [0, 0.1) is 5.92 Å². The fourth-order valence-electron chi connectivity index (χ4n) is 4.49. The summed E-state index contributed by atoms with van der Waals surface area (Å²) in [6, 6.07) is 21.4. The Morgan fingerprint density at radius 1 is 0.879 bits per heavy atom. The number of rotatable bonds is 4. The Hall–Kier alpha value is -3.16. The van der Waals surface area contributed by atoms with Gasteiger partial charge in [-0.3, -0.25) is 4.79 Å². The van der Waals surface area contributed by atoms with Crippen LogP contribution in [-0.4, -0.2) is 31.7 Å². The van der Waals surface area contributed by atoms with Crippen LogP contribution in [0.1, 0.15) is 36.8 Å². The van der Waals surface area contributed by atoms with Crippen molar-refractivity contribution in [2.75, 3.05) is 18.4 Å². The molecule has 1 amide bonds. The van der Waals surface area contributed by atoms with Crippen LogP contribution in [0.3, 0.4) is 0 Å². The zero-order valence-corrected chi connectivity index (χ0v) is 19.2. The van der Waals surface area contributed by atoms with Crippen molar-refractivity contribution < 1.29 is 17.9 Å². The highest BCUT2D eigenvalue weighted by Gasteiger charge is 2.33. The number of piperidine rings is 1. The first-order valence-corrected chi connectivity index (χ1v) is 12.6. The molecule has 2 aliphatic rings. The Morgan fingerprint density at radius 3 is 2.00 bits per heavy atom. The van der Waals surface area contributed by atoms with Crippen LogP contribution in [0.5, 0.6) is 11.5 Å². The van der Waals surface area contributed by atoms with E-state index in [1.807, 2.05) is 48.5 Å². The second-order valence-corrected chi connectivity index (χ2v) is 10.6. The minimum Gasteiger partial charge on any atom is -0.457 e. The Kier molecular flexibility index (Phi) is 5.68. The molecule has 1 N–H and O–H groups in total. The average molecular weight is 463 g/mol. The lowest BCUT2D eigenvalue weighted by molar-refractivity contribution is -0.116. The van der Waals surface area contributed by atoms with Gasteiger partial charge in [0.05, 0.1) is 10.8 Å². The molecule has 170 valence electrons. The molecule has 2 aliphatic heterocycles. The number of sulfonamides is 1. The maximum absolute atomic E-state index is 13.4. The minimum absolute atomic E-state index is 0.196. The molecule has 1 fully saturated rings. The van der Waals surface area contributed by atoms with Crippen LogP contribution < -0.4 is 10.1 Å². The van der Waals surface area contributed by atoms with Crippen molar-refractivity contribution in [1.29, 1.82) is 0 Å². The molecule has 0 radical (unpaired) electrons. The maximum atomic E-state index is 13.4. The number of benzene rings is 3. The van der Waals surface area contributed by atoms with Gasteiger partial charge in [-0.05, 0) is 55.2 Å². The quantitative estimate of drug-likeness (QED) is 0.593. The zero-order chi connectivity index (χ0) is 23.0. The smallest absolute Gasteiger partial charge is 0.243 e. The summed E-state index contributed by atoms with van der Waals surface area (Å²) in [5, 5.41) is 2.95. The summed E-state index contributed by atoms with van der Waals surface area (Å²) in [7, 11) is -3.53. The lowest BCUT2D eigenvalue weighted by Gasteiger charge is -2.29. The molecule has 33 heavy (non-hydrogen) atoms. The average Bonchev–Trinajstić information content (AvgIpc) is 2.83. The Morgan fingerprint density at radius 2 is 1.42 bits per heavy atom. The maximum Gasteiger partial charge on any atom is 0.243 e. The topological polar surface area (TPSA) is 75.7 Å². The van der Waals surface area contributed by atoms with E-state index in [1.165, 1.54) is 0 Å². The van der Waals surface area contributed by atoms with E-state index < -0.39 is 15.9 Å². The van der Waals surface area contributed by atoms with Gasteiger partial charge in [-0.1, -0.05) is 43.3 Å². The van der Waals surface area contributed by atoms with E-state index in [2.05, 4.69) is 12.2 Å². The van der Waals surface area contributed by atoms with Gasteiger partial charge in [0.1, 0.15) is 11.5 Å². The molecule has 3 aromatic rings. The molecule has 0 atom stereocenters. The molecule has 6 nitrogen and oxygen atoms in total. The Labute approximate surface area is 194 Å². The summed E-state index contributed by atoms with van der Waals surface area (Å²) < 4.78 is 33.5. The molecular weight excluding hydrogens is 436 g/mol. The van der Waals surface area contributed by atoms with Gasteiger partial charge in [0.25, 0.3) is 0 Å². The number of carbonyl (C=O) groups is 1. The molecular formula is C26H26N2O4S. The third kappa shape index (κ3) is 4.14. The Balaban J connectivity index is 1.37. The van der Waals surface area contributed by atoms with Crippen molar-refractivity contribution in [2.45, 2.75) is 30.6 Å². The number of carbonyl (C=O) groups excluding carboxylic acids is 1. The number of nitrogens with one attached hydrogen (secondary N) is 1. The summed E-state index contributed by atoms with van der Waals surface area (Å²) in [5.41, 5.74) is 2.15. The molecule has 3 aromatic carbocycles. The highest BCUT2D eigenvalue weighted by atomic mass is 32.2. The number of hydrogen-bond donors (Lipinski definition) is 1. The predicted molar refractivity (Wildman–Crippen MR) is 127 cm³/mol. The lowest BCUT2D eigenvalue weighted by atomic mass is 9.87. The first-order chi connectivity index (χ1) is 15.9. The van der Waals surface area contributed by atoms with Crippen LogP contribution in [0.2, 0.25) is 0 Å². The lowest BCUT2D eigenvalue weighted by Crippen LogP contribution is -2.37. The van der Waals surface area contributed by atoms with Gasteiger partial charge < -0.3 is 10.1 Å². The van der Waals surface area contributed by atoms with Crippen molar-refractivity contribution >= 4 is 21.6 Å². The van der Waals surface area contributed by atoms with Crippen molar-refractivity contribution in [3.8, 4) is 11.5 Å². The van der Waals surface area contributed by atoms with Crippen molar-refractivity contribution in [3.05, 3.63) is 83.9 Å². The SMILES string of the molecule is CC1CCN(S(=O)(=O)c2ccc(NC(=O)C3c4ccccc4Oc4ccccc43)cc2)CC1. The molecule has 1 saturated heterocycles. The third-order valence-electron chi connectivity index (χ3n) is 6.44. The van der Waals surface area contributed by atoms with Gasteiger partial charge in [0.2, 0.25) is 15.9 Å². The largest absolute Gasteiger partial charge is 0.457 e. The summed E-state index contributed by atoms with van der Waals surface area (Å²) in [5.74, 6) is 1.15. The van der Waals surface area contributed by atoms with Gasteiger partial charge in [-0.2, -0.15) is 4.31 Å². The molecule has 5 rings (SSSR count). The first-order valence-electron chi connectivity index (χ1n) is 11.2. The Bertz CT molecular complexity index is 1230. The molecule has 7 heteroatoms. The second-order valence-electron chi connectivity index (χ2n) is 8.71. The molecule has 0 spiro atoms. The van der Waals surface area contributed by atoms with E-state index >= 15 is 0 Å². The van der Waals surface area contributed by atoms with Crippen LogP contribution in [0.25, 0.3) is 0 Å². The number of hydrogen-bond acceptors (Lipinski definition) is 4. The zero-order valence-electron chi connectivity index (χ0n) is 18.4. The fraction of sp³-hybridized carbons (Fsp3) is 0.269. The molecule has 0 unspecified atom stereocenters. The van der Waals surface area contributed by atoms with Gasteiger partial charge in [0, 0.05) is 29.9 Å². The van der Waals surface area contributed by atoms with Gasteiger partial charge in [-0.25, -0.2) is 8.42 Å². The van der Waals surface area contributed by atoms with Gasteiger partial charge in [-0.15, -0.1) is 0 Å².